The molecule has 1 amide bonds. The molecule has 44 heavy (non-hydrogen) atoms. The zero-order chi connectivity index (χ0) is 32.6. The minimum absolute atomic E-state index is 0.0788. The summed E-state index contributed by atoms with van der Waals surface area (Å²) in [5, 5.41) is 23.2. The van der Waals surface area contributed by atoms with E-state index >= 15 is 0 Å². The molecular formula is C31H31F3N2O8. The molecule has 5 rings (SSSR count). The first-order valence-electron chi connectivity index (χ1n) is 14.0. The first-order chi connectivity index (χ1) is 20.4. The normalized spacial score (nSPS) is 28.5. The Morgan fingerprint density at radius 2 is 1.70 bits per heavy atom. The lowest BCUT2D eigenvalue weighted by molar-refractivity contribution is -0.274. The molecule has 0 heterocycles. The van der Waals surface area contributed by atoms with E-state index in [-0.39, 0.29) is 35.4 Å². The molecule has 4 N–H and O–H groups in total. The van der Waals surface area contributed by atoms with Crippen molar-refractivity contribution in [3.05, 3.63) is 47.0 Å². The third kappa shape index (κ3) is 4.69. The summed E-state index contributed by atoms with van der Waals surface area (Å²) in [5.41, 5.74) is 3.82. The van der Waals surface area contributed by atoms with E-state index in [0.29, 0.717) is 11.1 Å². The molecule has 13 heteroatoms. The van der Waals surface area contributed by atoms with Gasteiger partial charge in [-0.2, -0.15) is 0 Å². The fourth-order valence-electron chi connectivity index (χ4n) is 7.27. The number of primary amides is 1. The molecule has 2 unspecified atom stereocenters. The molecular weight excluding hydrogens is 585 g/mol. The number of Topliss-reactive ketones (excluding diaryl/α,β-unsaturated/α-hetero) is 4. The molecule has 6 atom stereocenters. The number of amides is 1. The van der Waals surface area contributed by atoms with Gasteiger partial charge in [0.2, 0.25) is 5.91 Å². The maximum atomic E-state index is 14.2. The van der Waals surface area contributed by atoms with E-state index in [4.69, 9.17) is 5.73 Å². The number of phenolic OH excluding ortho intramolecular Hbond substituents is 1. The number of carbonyl (C=O) groups excluding carboxylic acids is 5. The second-order valence-corrected chi connectivity index (χ2v) is 12.2. The molecule has 2 aromatic rings. The van der Waals surface area contributed by atoms with Gasteiger partial charge in [0.1, 0.15) is 11.5 Å². The second-order valence-electron chi connectivity index (χ2n) is 12.2. The lowest BCUT2D eigenvalue weighted by Gasteiger charge is -2.52. The number of benzene rings is 2. The SMILES string of the molecule is CC(C)c1cc(-c2ccc(OC(F)(F)F)cc2)c(O)c2c1C[C@H]1C[C@H]3[C@H](N(C)C)C(=O)C(C(N)=O)C(=O)[C@@]3(O)C(=O)C1C2=O. The van der Waals surface area contributed by atoms with Gasteiger partial charge in [0.25, 0.3) is 0 Å². The van der Waals surface area contributed by atoms with E-state index in [1.54, 1.807) is 6.07 Å². The topological polar surface area (TPSA) is 164 Å². The highest BCUT2D eigenvalue weighted by atomic mass is 19.4. The lowest BCUT2D eigenvalue weighted by Crippen LogP contribution is -2.74. The number of rotatable bonds is 5. The second kappa shape index (κ2) is 10.5. The van der Waals surface area contributed by atoms with Gasteiger partial charge >= 0.3 is 6.36 Å². The molecule has 2 aromatic carbocycles. The van der Waals surface area contributed by atoms with Crippen molar-refractivity contribution in [1.29, 1.82) is 0 Å². The minimum Gasteiger partial charge on any atom is -0.507 e. The van der Waals surface area contributed by atoms with Gasteiger partial charge in [-0.25, -0.2) is 0 Å². The average Bonchev–Trinajstić information content (AvgIpc) is 2.90. The molecule has 0 bridgehead atoms. The number of aliphatic hydroxyl groups is 1. The fraction of sp³-hybridized carbons (Fsp3) is 0.452. The summed E-state index contributed by atoms with van der Waals surface area (Å²) >= 11 is 0. The number of hydrogen-bond acceptors (Lipinski definition) is 9. The monoisotopic (exact) mass is 616 g/mol. The predicted molar refractivity (Wildman–Crippen MR) is 148 cm³/mol. The number of phenols is 1. The van der Waals surface area contributed by atoms with Crippen LogP contribution in [0.1, 0.15) is 47.7 Å². The number of ketones is 4. The molecule has 0 radical (unpaired) electrons. The van der Waals surface area contributed by atoms with Crippen molar-refractivity contribution >= 4 is 29.0 Å². The lowest BCUT2D eigenvalue weighted by atomic mass is 9.52. The van der Waals surface area contributed by atoms with Crippen molar-refractivity contribution < 1.29 is 52.1 Å². The van der Waals surface area contributed by atoms with Crippen LogP contribution in [0.4, 0.5) is 13.2 Å². The van der Waals surface area contributed by atoms with Gasteiger partial charge in [0.15, 0.2) is 34.7 Å². The maximum Gasteiger partial charge on any atom is 0.573 e. The summed E-state index contributed by atoms with van der Waals surface area (Å²) in [5.74, 6) is -12.3. The third-order valence-electron chi connectivity index (χ3n) is 9.12. The minimum atomic E-state index is -4.91. The van der Waals surface area contributed by atoms with Crippen molar-refractivity contribution in [2.45, 2.75) is 50.6 Å². The number of fused-ring (bicyclic) bond motifs is 3. The Morgan fingerprint density at radius 3 is 2.23 bits per heavy atom. The van der Waals surface area contributed by atoms with Gasteiger partial charge in [0, 0.05) is 11.5 Å². The fourth-order valence-corrected chi connectivity index (χ4v) is 7.27. The summed E-state index contributed by atoms with van der Waals surface area (Å²) in [6.07, 6.45) is -4.88. The van der Waals surface area contributed by atoms with Crippen LogP contribution in [0.5, 0.6) is 11.5 Å². The smallest absolute Gasteiger partial charge is 0.507 e. The van der Waals surface area contributed by atoms with Crippen LogP contribution in [-0.4, -0.2) is 76.3 Å². The van der Waals surface area contributed by atoms with E-state index in [2.05, 4.69) is 4.74 Å². The zero-order valence-corrected chi connectivity index (χ0v) is 24.3. The van der Waals surface area contributed by atoms with Gasteiger partial charge in [0.05, 0.1) is 17.5 Å². The molecule has 0 saturated heterocycles. The predicted octanol–water partition coefficient (Wildman–Crippen LogP) is 2.56. The summed E-state index contributed by atoms with van der Waals surface area (Å²) < 4.78 is 41.9. The van der Waals surface area contributed by atoms with Gasteiger partial charge in [-0.3, -0.25) is 28.9 Å². The number of aromatic hydroxyl groups is 1. The number of halogens is 3. The van der Waals surface area contributed by atoms with E-state index < -0.39 is 82.2 Å². The average molecular weight is 617 g/mol. The molecule has 2 saturated carbocycles. The van der Waals surface area contributed by atoms with Crippen molar-refractivity contribution in [3.63, 3.8) is 0 Å². The van der Waals surface area contributed by atoms with Gasteiger partial charge in [-0.05, 0) is 73.7 Å². The van der Waals surface area contributed by atoms with Crippen LogP contribution in [0.3, 0.4) is 0 Å². The molecule has 0 spiro atoms. The number of ether oxygens (including phenoxy) is 1. The van der Waals surface area contributed by atoms with E-state index in [1.807, 2.05) is 13.8 Å². The Morgan fingerprint density at radius 1 is 1.09 bits per heavy atom. The molecule has 2 fully saturated rings. The van der Waals surface area contributed by atoms with Crippen LogP contribution in [0.15, 0.2) is 30.3 Å². The molecule has 0 aliphatic heterocycles. The number of alkyl halides is 3. The highest BCUT2D eigenvalue weighted by molar-refractivity contribution is 6.32. The van der Waals surface area contributed by atoms with Gasteiger partial charge < -0.3 is 20.7 Å². The number of nitrogens with zero attached hydrogens (tertiary/aromatic N) is 1. The Labute approximate surface area is 250 Å². The van der Waals surface area contributed by atoms with Crippen LogP contribution in [0, 0.1) is 23.7 Å². The molecule has 3 aliphatic rings. The Hall–Kier alpha value is -4.10. The summed E-state index contributed by atoms with van der Waals surface area (Å²) in [6.45, 7) is 3.70. The number of nitrogens with two attached hydrogens (primary N) is 1. The first kappa shape index (κ1) is 31.3. The van der Waals surface area contributed by atoms with Crippen molar-refractivity contribution in [1.82, 2.24) is 4.90 Å². The molecule has 10 nitrogen and oxygen atoms in total. The standard InChI is InChI=1S/C31H31F3N2O8/c1-12(2)16-11-17(13-5-7-15(8-6-13)44-31(32,33)34)24(37)21-18(16)9-14-10-19-23(36(3)4)26(39)22(29(35)42)28(41)30(19,43)27(40)20(14)25(21)38/h5-8,11-12,14,19-20,22-23,37,43H,9-10H2,1-4H3,(H2,35,42)/t14-,19-,20?,22?,23-,30-/m0/s1. The quantitative estimate of drug-likeness (QED) is 0.428. The summed E-state index contributed by atoms with van der Waals surface area (Å²) in [6, 6.07) is 5.11. The first-order valence-corrected chi connectivity index (χ1v) is 14.0. The van der Waals surface area contributed by atoms with Crippen LogP contribution in [-0.2, 0) is 25.6 Å². The van der Waals surface area contributed by atoms with Crippen LogP contribution < -0.4 is 10.5 Å². The Bertz CT molecular complexity index is 1600. The van der Waals surface area contributed by atoms with Crippen molar-refractivity contribution in [2.24, 2.45) is 29.4 Å². The third-order valence-corrected chi connectivity index (χ3v) is 9.12. The van der Waals surface area contributed by atoms with Gasteiger partial charge in [-0.15, -0.1) is 13.2 Å². The van der Waals surface area contributed by atoms with Crippen molar-refractivity contribution in [3.8, 4) is 22.6 Å². The molecule has 234 valence electrons. The van der Waals surface area contributed by atoms with E-state index in [0.717, 1.165) is 12.1 Å². The van der Waals surface area contributed by atoms with Crippen molar-refractivity contribution in [2.75, 3.05) is 14.1 Å². The molecule has 3 aliphatic carbocycles. The highest BCUT2D eigenvalue weighted by Gasteiger charge is 2.69. The summed E-state index contributed by atoms with van der Waals surface area (Å²) in [7, 11) is 3.01. The molecule has 0 aromatic heterocycles. The van der Waals surface area contributed by atoms with Gasteiger partial charge in [-0.1, -0.05) is 26.0 Å². The van der Waals surface area contributed by atoms with E-state index in [9.17, 15) is 47.4 Å². The van der Waals surface area contributed by atoms with E-state index in [1.165, 1.54) is 31.1 Å². The van der Waals surface area contributed by atoms with Crippen LogP contribution in [0.2, 0.25) is 0 Å². The van der Waals surface area contributed by atoms with Crippen LogP contribution >= 0.6 is 0 Å². The van der Waals surface area contributed by atoms with Crippen LogP contribution in [0.25, 0.3) is 11.1 Å². The number of carbonyl (C=O) groups is 5. The highest BCUT2D eigenvalue weighted by Crippen LogP contribution is 2.52. The zero-order valence-electron chi connectivity index (χ0n) is 24.3. The Kier molecular flexibility index (Phi) is 7.49. The summed E-state index contributed by atoms with van der Waals surface area (Å²) in [4.78, 5) is 68.5. The Balaban J connectivity index is 1.63. The largest absolute Gasteiger partial charge is 0.573 e. The number of likely N-dealkylation sites (N-methyl/N-ethyl adjacent to an activating group) is 1. The maximum absolute atomic E-state index is 14.2. The number of hydrogen-bond donors (Lipinski definition) is 3.